The number of benzene rings is 2. The van der Waals surface area contributed by atoms with Gasteiger partial charge in [-0.25, -0.2) is 4.98 Å². The summed E-state index contributed by atoms with van der Waals surface area (Å²) in [5.41, 5.74) is 2.81. The molecule has 1 aromatic heterocycles. The molecule has 0 atom stereocenters. The SMILES string of the molecule is Cc1c(Cl)cccc1-n1ccnc1SCC(=O)Nc1ccccc1C#N. The Morgan fingerprint density at radius 2 is 2.12 bits per heavy atom. The van der Waals surface area contributed by atoms with Gasteiger partial charge in [0, 0.05) is 17.4 Å². The third kappa shape index (κ3) is 3.90. The second-order valence-corrected chi connectivity index (χ2v) is 6.81. The van der Waals surface area contributed by atoms with E-state index in [1.807, 2.05) is 35.9 Å². The highest BCUT2D eigenvalue weighted by molar-refractivity contribution is 7.99. The molecule has 5 nitrogen and oxygen atoms in total. The van der Waals surface area contributed by atoms with Gasteiger partial charge >= 0.3 is 0 Å². The van der Waals surface area contributed by atoms with E-state index in [4.69, 9.17) is 16.9 Å². The van der Waals surface area contributed by atoms with Crippen molar-refractivity contribution < 1.29 is 4.79 Å². The first-order valence-corrected chi connectivity index (χ1v) is 9.17. The van der Waals surface area contributed by atoms with Gasteiger partial charge in [-0.2, -0.15) is 5.26 Å². The first-order valence-electron chi connectivity index (χ1n) is 7.80. The van der Waals surface area contributed by atoms with Crippen LogP contribution in [0, 0.1) is 18.3 Å². The number of nitrogens with zero attached hydrogens (tertiary/aromatic N) is 3. The van der Waals surface area contributed by atoms with Crippen LogP contribution in [0.4, 0.5) is 5.69 Å². The number of carbonyl (C=O) groups excluding carboxylic acids is 1. The number of hydrogen-bond acceptors (Lipinski definition) is 4. The Morgan fingerprint density at radius 1 is 1.31 bits per heavy atom. The highest BCUT2D eigenvalue weighted by atomic mass is 35.5. The van der Waals surface area contributed by atoms with Crippen LogP contribution in [-0.2, 0) is 4.79 Å². The molecule has 3 aromatic rings. The maximum atomic E-state index is 12.2. The lowest BCUT2D eigenvalue weighted by Gasteiger charge is -2.11. The molecule has 0 aliphatic heterocycles. The molecule has 3 rings (SSSR count). The summed E-state index contributed by atoms with van der Waals surface area (Å²) in [5, 5.41) is 13.2. The molecule has 7 heteroatoms. The summed E-state index contributed by atoms with van der Waals surface area (Å²) in [5.74, 6) is -0.0220. The van der Waals surface area contributed by atoms with Crippen molar-refractivity contribution in [3.8, 4) is 11.8 Å². The van der Waals surface area contributed by atoms with Gasteiger partial charge in [-0.05, 0) is 36.8 Å². The molecule has 0 radical (unpaired) electrons. The highest BCUT2D eigenvalue weighted by Crippen LogP contribution is 2.26. The monoisotopic (exact) mass is 382 g/mol. The number of nitriles is 1. The normalized spacial score (nSPS) is 10.3. The van der Waals surface area contributed by atoms with Gasteiger partial charge in [0.15, 0.2) is 5.16 Å². The third-order valence-electron chi connectivity index (χ3n) is 3.76. The fourth-order valence-corrected chi connectivity index (χ4v) is 3.38. The van der Waals surface area contributed by atoms with E-state index in [0.717, 1.165) is 11.3 Å². The Kier molecular flexibility index (Phi) is 5.61. The maximum absolute atomic E-state index is 12.2. The Hall–Kier alpha value is -2.75. The molecular weight excluding hydrogens is 368 g/mol. The van der Waals surface area contributed by atoms with Crippen LogP contribution < -0.4 is 5.32 Å². The minimum atomic E-state index is -0.199. The minimum Gasteiger partial charge on any atom is -0.324 e. The van der Waals surface area contributed by atoms with Crippen LogP contribution in [-0.4, -0.2) is 21.2 Å². The van der Waals surface area contributed by atoms with Gasteiger partial charge in [-0.1, -0.05) is 41.6 Å². The van der Waals surface area contributed by atoms with Gasteiger partial charge in [-0.3, -0.25) is 9.36 Å². The van der Waals surface area contributed by atoms with Crippen molar-refractivity contribution in [1.82, 2.24) is 9.55 Å². The van der Waals surface area contributed by atoms with Crippen LogP contribution in [0.1, 0.15) is 11.1 Å². The molecular formula is C19H15ClN4OS. The third-order valence-corrected chi connectivity index (χ3v) is 5.14. The Balaban J connectivity index is 1.72. The van der Waals surface area contributed by atoms with Gasteiger partial charge in [0.25, 0.3) is 0 Å². The van der Waals surface area contributed by atoms with E-state index < -0.39 is 0 Å². The Bertz CT molecular complexity index is 993. The van der Waals surface area contributed by atoms with Crippen LogP contribution in [0.2, 0.25) is 5.02 Å². The lowest BCUT2D eigenvalue weighted by Crippen LogP contribution is -2.15. The number of hydrogen-bond donors (Lipinski definition) is 1. The first kappa shape index (κ1) is 18.1. The minimum absolute atomic E-state index is 0.177. The van der Waals surface area contributed by atoms with Crippen LogP contribution in [0.3, 0.4) is 0 Å². The van der Waals surface area contributed by atoms with E-state index in [0.29, 0.717) is 21.4 Å². The molecule has 2 aromatic carbocycles. The number of anilines is 1. The second kappa shape index (κ2) is 8.09. The van der Waals surface area contributed by atoms with Crippen molar-refractivity contribution in [2.45, 2.75) is 12.1 Å². The summed E-state index contributed by atoms with van der Waals surface area (Å²) in [7, 11) is 0. The summed E-state index contributed by atoms with van der Waals surface area (Å²) in [6.45, 7) is 1.94. The van der Waals surface area contributed by atoms with E-state index in [2.05, 4.69) is 16.4 Å². The van der Waals surface area contributed by atoms with Crippen molar-refractivity contribution in [2.24, 2.45) is 0 Å². The quantitative estimate of drug-likeness (QED) is 0.662. The predicted molar refractivity (Wildman–Crippen MR) is 104 cm³/mol. The number of thioether (sulfide) groups is 1. The van der Waals surface area contributed by atoms with Gasteiger partial charge in [-0.15, -0.1) is 0 Å². The van der Waals surface area contributed by atoms with Gasteiger partial charge < -0.3 is 5.32 Å². The number of rotatable bonds is 5. The smallest absolute Gasteiger partial charge is 0.234 e. The number of nitrogens with one attached hydrogen (secondary N) is 1. The molecule has 0 unspecified atom stereocenters. The van der Waals surface area contributed by atoms with Crippen LogP contribution >= 0.6 is 23.4 Å². The lowest BCUT2D eigenvalue weighted by molar-refractivity contribution is -0.113. The van der Waals surface area contributed by atoms with Crippen molar-refractivity contribution in [1.29, 1.82) is 5.26 Å². The summed E-state index contributed by atoms with van der Waals surface area (Å²) < 4.78 is 1.91. The molecule has 0 spiro atoms. The predicted octanol–water partition coefficient (Wildman–Crippen LogP) is 4.44. The average molecular weight is 383 g/mol. The number of para-hydroxylation sites is 1. The fourth-order valence-electron chi connectivity index (χ4n) is 2.44. The van der Waals surface area contributed by atoms with E-state index >= 15 is 0 Å². The summed E-state index contributed by atoms with van der Waals surface area (Å²) >= 11 is 7.52. The lowest BCUT2D eigenvalue weighted by atomic mass is 10.2. The van der Waals surface area contributed by atoms with Crippen molar-refractivity contribution in [3.05, 3.63) is 71.0 Å². The second-order valence-electron chi connectivity index (χ2n) is 5.46. The molecule has 0 fully saturated rings. The van der Waals surface area contributed by atoms with Crippen molar-refractivity contribution in [2.75, 3.05) is 11.1 Å². The number of imidazole rings is 1. The summed E-state index contributed by atoms with van der Waals surface area (Å²) in [6, 6.07) is 14.6. The molecule has 0 aliphatic carbocycles. The van der Waals surface area contributed by atoms with Crippen LogP contribution in [0.15, 0.2) is 60.0 Å². The number of carbonyl (C=O) groups is 1. The zero-order valence-electron chi connectivity index (χ0n) is 13.9. The van der Waals surface area contributed by atoms with E-state index in [1.54, 1.807) is 30.5 Å². The molecule has 26 heavy (non-hydrogen) atoms. The molecule has 1 N–H and O–H groups in total. The number of halogens is 1. The van der Waals surface area contributed by atoms with Crippen molar-refractivity contribution in [3.63, 3.8) is 0 Å². The largest absolute Gasteiger partial charge is 0.324 e. The molecule has 1 heterocycles. The molecule has 0 saturated carbocycles. The highest BCUT2D eigenvalue weighted by Gasteiger charge is 2.12. The zero-order valence-corrected chi connectivity index (χ0v) is 15.5. The molecule has 130 valence electrons. The number of amides is 1. The molecule has 0 bridgehead atoms. The maximum Gasteiger partial charge on any atom is 0.234 e. The van der Waals surface area contributed by atoms with E-state index in [9.17, 15) is 4.79 Å². The topological polar surface area (TPSA) is 70.7 Å². The molecule has 0 aliphatic rings. The van der Waals surface area contributed by atoms with E-state index in [-0.39, 0.29) is 11.7 Å². The molecule has 1 amide bonds. The fraction of sp³-hybridized carbons (Fsp3) is 0.105. The average Bonchev–Trinajstić information content (AvgIpc) is 3.11. The Morgan fingerprint density at radius 3 is 2.92 bits per heavy atom. The van der Waals surface area contributed by atoms with Gasteiger partial charge in [0.05, 0.1) is 22.7 Å². The van der Waals surface area contributed by atoms with Crippen LogP contribution in [0.25, 0.3) is 5.69 Å². The van der Waals surface area contributed by atoms with Gasteiger partial charge in [0.2, 0.25) is 5.91 Å². The zero-order chi connectivity index (χ0) is 18.5. The standard InChI is InChI=1S/C19H15ClN4OS/c1-13-15(20)6-4-8-17(13)24-10-9-22-19(24)26-12-18(25)23-16-7-3-2-5-14(16)11-21/h2-10H,12H2,1H3,(H,23,25). The van der Waals surface area contributed by atoms with Gasteiger partial charge in [0.1, 0.15) is 6.07 Å². The summed E-state index contributed by atoms with van der Waals surface area (Å²) in [4.78, 5) is 16.6. The van der Waals surface area contributed by atoms with Crippen LogP contribution in [0.5, 0.6) is 0 Å². The molecule has 0 saturated heterocycles. The Labute approximate surface area is 160 Å². The van der Waals surface area contributed by atoms with E-state index in [1.165, 1.54) is 11.8 Å². The van der Waals surface area contributed by atoms with Crippen molar-refractivity contribution >= 4 is 35.0 Å². The summed E-state index contributed by atoms with van der Waals surface area (Å²) in [6.07, 6.45) is 3.52. The number of aromatic nitrogens is 2. The first-order chi connectivity index (χ1) is 12.6.